The van der Waals surface area contributed by atoms with Crippen molar-refractivity contribution in [1.29, 1.82) is 0 Å². The van der Waals surface area contributed by atoms with E-state index in [0.29, 0.717) is 0 Å². The van der Waals surface area contributed by atoms with E-state index in [4.69, 9.17) is 0 Å². The van der Waals surface area contributed by atoms with Gasteiger partial charge in [-0.05, 0) is 11.6 Å². The fourth-order valence-corrected chi connectivity index (χ4v) is 0.500. The lowest BCUT2D eigenvalue weighted by Gasteiger charge is -2.25. The van der Waals surface area contributed by atoms with Crippen LogP contribution in [0.3, 0.4) is 0 Å². The highest BCUT2D eigenvalue weighted by molar-refractivity contribution is 6.22. The van der Waals surface area contributed by atoms with E-state index in [9.17, 15) is 31.1 Å². The molecule has 0 aliphatic rings. The molecule has 0 fully saturated rings. The Morgan fingerprint density at radius 3 is 1.54 bits per heavy atom. The Kier molecular flexibility index (Phi) is 3.01. The third-order valence-corrected chi connectivity index (χ3v) is 1.20. The standard InChI is InChI=1S/C4ClF6NO/c5-3(7,8)2(6,12-1-13)4(9,10)11. The second kappa shape index (κ2) is 3.19. The minimum Gasteiger partial charge on any atom is -0.211 e. The van der Waals surface area contributed by atoms with Gasteiger partial charge >= 0.3 is 17.4 Å². The molecule has 0 aliphatic heterocycles. The molecule has 0 radical (unpaired) electrons. The van der Waals surface area contributed by atoms with Crippen molar-refractivity contribution in [1.82, 2.24) is 0 Å². The highest BCUT2D eigenvalue weighted by Crippen LogP contribution is 2.48. The minimum atomic E-state index is -6.09. The summed E-state index contributed by atoms with van der Waals surface area (Å²) in [6, 6.07) is 0. The van der Waals surface area contributed by atoms with E-state index >= 15 is 0 Å². The van der Waals surface area contributed by atoms with Gasteiger partial charge in [0.25, 0.3) is 0 Å². The molecule has 0 N–H and O–H groups in total. The SMILES string of the molecule is O=C=NC(F)(C(F)(F)F)C(F)(F)Cl. The summed E-state index contributed by atoms with van der Waals surface area (Å²) in [5.74, 6) is -5.44. The number of hydrogen-bond acceptors (Lipinski definition) is 2. The third kappa shape index (κ3) is 2.13. The van der Waals surface area contributed by atoms with Crippen molar-refractivity contribution in [2.24, 2.45) is 4.99 Å². The summed E-state index contributed by atoms with van der Waals surface area (Å²) < 4.78 is 70.8. The molecule has 0 aromatic heterocycles. The van der Waals surface area contributed by atoms with E-state index in [-0.39, 0.29) is 6.08 Å². The monoisotopic (exact) mass is 227 g/mol. The highest BCUT2D eigenvalue weighted by atomic mass is 35.5. The van der Waals surface area contributed by atoms with Crippen LogP contribution in [0.4, 0.5) is 26.3 Å². The van der Waals surface area contributed by atoms with Crippen LogP contribution in [0.1, 0.15) is 0 Å². The highest BCUT2D eigenvalue weighted by Gasteiger charge is 2.72. The Hall–Kier alpha value is -0.750. The maximum absolute atomic E-state index is 12.4. The molecule has 0 amide bonds. The Bertz CT molecular complexity index is 224. The molecule has 0 heterocycles. The first kappa shape index (κ1) is 12.2. The first-order chi connectivity index (χ1) is 5.56. The molecule has 2 nitrogen and oxygen atoms in total. The molecule has 0 saturated heterocycles. The molecule has 76 valence electrons. The van der Waals surface area contributed by atoms with E-state index in [0.717, 1.165) is 0 Å². The zero-order valence-electron chi connectivity index (χ0n) is 5.50. The lowest BCUT2D eigenvalue weighted by Crippen LogP contribution is -2.50. The molecule has 0 bridgehead atoms. The summed E-state index contributed by atoms with van der Waals surface area (Å²) >= 11 is 3.80. The number of aliphatic imine (C=N–C) groups is 1. The van der Waals surface area contributed by atoms with Crippen molar-refractivity contribution in [2.45, 2.75) is 17.4 Å². The van der Waals surface area contributed by atoms with Gasteiger partial charge in [-0.15, -0.1) is 4.99 Å². The van der Waals surface area contributed by atoms with Gasteiger partial charge in [-0.1, -0.05) is 0 Å². The lowest BCUT2D eigenvalue weighted by atomic mass is 10.2. The van der Waals surface area contributed by atoms with Gasteiger partial charge in [0.1, 0.15) is 0 Å². The predicted octanol–water partition coefficient (Wildman–Crippen LogP) is 2.38. The number of rotatable bonds is 2. The quantitative estimate of drug-likeness (QED) is 0.234. The third-order valence-electron chi connectivity index (χ3n) is 0.951. The molecule has 0 rings (SSSR count). The molecule has 0 aliphatic carbocycles. The summed E-state index contributed by atoms with van der Waals surface area (Å²) in [5.41, 5.74) is 0. The fraction of sp³-hybridized carbons (Fsp3) is 0.750. The van der Waals surface area contributed by atoms with Crippen LogP contribution >= 0.6 is 11.6 Å². The van der Waals surface area contributed by atoms with Crippen molar-refractivity contribution in [3.8, 4) is 0 Å². The topological polar surface area (TPSA) is 29.4 Å². The van der Waals surface area contributed by atoms with Crippen LogP contribution in [-0.4, -0.2) is 23.4 Å². The van der Waals surface area contributed by atoms with E-state index < -0.39 is 17.4 Å². The van der Waals surface area contributed by atoms with E-state index in [1.165, 1.54) is 4.99 Å². The Balaban J connectivity index is 5.33. The predicted molar refractivity (Wildman–Crippen MR) is 28.8 cm³/mol. The molecule has 1 atom stereocenters. The van der Waals surface area contributed by atoms with Crippen molar-refractivity contribution < 1.29 is 31.1 Å². The number of isocyanates is 1. The van der Waals surface area contributed by atoms with Gasteiger partial charge in [0.15, 0.2) is 0 Å². The number of carbonyl (C=O) groups excluding carboxylic acids is 1. The molecular formula is C4ClF6NO. The van der Waals surface area contributed by atoms with Gasteiger partial charge in [-0.3, -0.25) is 0 Å². The summed E-state index contributed by atoms with van der Waals surface area (Å²) in [6.45, 7) is 0. The van der Waals surface area contributed by atoms with Crippen LogP contribution in [0.25, 0.3) is 0 Å². The van der Waals surface area contributed by atoms with Crippen molar-refractivity contribution in [3.05, 3.63) is 0 Å². The zero-order chi connectivity index (χ0) is 10.9. The van der Waals surface area contributed by atoms with E-state index in [1.54, 1.807) is 0 Å². The van der Waals surface area contributed by atoms with Gasteiger partial charge < -0.3 is 0 Å². The second-order valence-electron chi connectivity index (χ2n) is 1.82. The van der Waals surface area contributed by atoms with Crippen LogP contribution in [0.5, 0.6) is 0 Å². The number of nitrogens with zero attached hydrogens (tertiary/aromatic N) is 1. The van der Waals surface area contributed by atoms with Crippen LogP contribution in [0.2, 0.25) is 0 Å². The van der Waals surface area contributed by atoms with Gasteiger partial charge in [0, 0.05) is 0 Å². The summed E-state index contributed by atoms with van der Waals surface area (Å²) in [6.07, 6.45) is -6.05. The smallest absolute Gasteiger partial charge is 0.211 e. The number of hydrogen-bond donors (Lipinski definition) is 0. The number of halogens is 7. The van der Waals surface area contributed by atoms with E-state index in [1.807, 2.05) is 0 Å². The van der Waals surface area contributed by atoms with Crippen LogP contribution in [0.15, 0.2) is 4.99 Å². The first-order valence-electron chi connectivity index (χ1n) is 2.47. The number of alkyl halides is 7. The molecule has 0 saturated carbocycles. The average molecular weight is 227 g/mol. The van der Waals surface area contributed by atoms with Crippen molar-refractivity contribution >= 4 is 17.7 Å². The van der Waals surface area contributed by atoms with Crippen LogP contribution in [0, 0.1) is 0 Å². The molecule has 0 spiro atoms. The molecule has 9 heteroatoms. The fourth-order valence-electron chi connectivity index (χ4n) is 0.350. The first-order valence-corrected chi connectivity index (χ1v) is 2.85. The largest absolute Gasteiger partial charge is 0.452 e. The normalized spacial score (nSPS) is 17.5. The van der Waals surface area contributed by atoms with Gasteiger partial charge in [-0.2, -0.15) is 26.3 Å². The molecule has 0 aromatic rings. The van der Waals surface area contributed by atoms with E-state index in [2.05, 4.69) is 11.6 Å². The average Bonchev–Trinajstić information content (AvgIpc) is 1.82. The van der Waals surface area contributed by atoms with Crippen LogP contribution in [-0.2, 0) is 4.79 Å². The Morgan fingerprint density at radius 1 is 1.08 bits per heavy atom. The van der Waals surface area contributed by atoms with Crippen molar-refractivity contribution in [3.63, 3.8) is 0 Å². The van der Waals surface area contributed by atoms with Gasteiger partial charge in [0.05, 0.1) is 0 Å². The molecule has 1 unspecified atom stereocenters. The molecular weight excluding hydrogens is 227 g/mol. The minimum absolute atomic E-state index is 0.0369. The molecule has 13 heavy (non-hydrogen) atoms. The van der Waals surface area contributed by atoms with Gasteiger partial charge in [-0.25, -0.2) is 4.79 Å². The lowest BCUT2D eigenvalue weighted by molar-refractivity contribution is -0.275. The maximum Gasteiger partial charge on any atom is 0.452 e. The Labute approximate surface area is 72.2 Å². The molecule has 0 aromatic carbocycles. The summed E-state index contributed by atoms with van der Waals surface area (Å²) in [5, 5.41) is -5.36. The Morgan fingerprint density at radius 2 is 1.46 bits per heavy atom. The maximum atomic E-state index is 12.4. The summed E-state index contributed by atoms with van der Waals surface area (Å²) in [7, 11) is 0. The van der Waals surface area contributed by atoms with Crippen LogP contribution < -0.4 is 0 Å². The zero-order valence-corrected chi connectivity index (χ0v) is 6.26. The second-order valence-corrected chi connectivity index (χ2v) is 2.30. The van der Waals surface area contributed by atoms with Crippen molar-refractivity contribution in [2.75, 3.05) is 0 Å². The van der Waals surface area contributed by atoms with Gasteiger partial charge in [0.2, 0.25) is 6.08 Å². The summed E-state index contributed by atoms with van der Waals surface area (Å²) in [4.78, 5) is 10.6.